The molecule has 2 atom stereocenters. The van der Waals surface area contributed by atoms with Gasteiger partial charge in [-0.15, -0.1) is 0 Å². The van der Waals surface area contributed by atoms with Gasteiger partial charge in [-0.3, -0.25) is 15.1 Å². The van der Waals surface area contributed by atoms with Crippen molar-refractivity contribution in [3.8, 4) is 5.75 Å². The average molecular weight is 629 g/mol. The summed E-state index contributed by atoms with van der Waals surface area (Å²) in [4.78, 5) is 27.3. The predicted molar refractivity (Wildman–Crippen MR) is 165 cm³/mol. The number of aliphatic hydroxyl groups excluding tert-OH is 1. The Morgan fingerprint density at radius 3 is 2.36 bits per heavy atom. The lowest BCUT2D eigenvalue weighted by molar-refractivity contribution is -0.385. The van der Waals surface area contributed by atoms with Gasteiger partial charge in [0.05, 0.1) is 27.7 Å². The van der Waals surface area contributed by atoms with Crippen LogP contribution < -0.4 is 10.1 Å². The summed E-state index contributed by atoms with van der Waals surface area (Å²) in [5, 5.41) is 25.4. The molecule has 0 bridgehead atoms. The molecule has 2 N–H and O–H groups in total. The molecule has 3 rings (SSSR count). The summed E-state index contributed by atoms with van der Waals surface area (Å²) >= 11 is 0. The highest BCUT2D eigenvalue weighted by Crippen LogP contribution is 2.23. The minimum Gasteiger partial charge on any atom is -0.487 e. The summed E-state index contributed by atoms with van der Waals surface area (Å²) in [7, 11) is -4.24. The number of hydrogen-bond donors (Lipinski definition) is 2. The van der Waals surface area contributed by atoms with E-state index in [0.717, 1.165) is 21.6 Å². The normalized spacial score (nSPS) is 13.4. The number of pyridine rings is 1. The zero-order valence-corrected chi connectivity index (χ0v) is 26.4. The van der Waals surface area contributed by atoms with E-state index in [4.69, 9.17) is 9.47 Å². The van der Waals surface area contributed by atoms with Crippen molar-refractivity contribution in [3.05, 3.63) is 94.3 Å². The highest BCUT2D eigenvalue weighted by atomic mass is 32.2. The van der Waals surface area contributed by atoms with Gasteiger partial charge in [-0.05, 0) is 69.0 Å². The Bertz CT molecular complexity index is 1490. The van der Waals surface area contributed by atoms with E-state index in [1.54, 1.807) is 51.2 Å². The molecule has 0 aliphatic carbocycles. The van der Waals surface area contributed by atoms with Crippen LogP contribution in [-0.4, -0.2) is 64.7 Å². The number of carbonyl (C=O) groups excluding carboxylic acids is 1. The lowest BCUT2D eigenvalue weighted by atomic mass is 10.0. The molecule has 0 aliphatic rings. The largest absolute Gasteiger partial charge is 0.487 e. The maximum Gasteiger partial charge on any atom is 0.407 e. The summed E-state index contributed by atoms with van der Waals surface area (Å²) < 4.78 is 39.5. The Labute approximate surface area is 258 Å². The summed E-state index contributed by atoms with van der Waals surface area (Å²) in [6.45, 7) is 8.69. The second-order valence-electron chi connectivity index (χ2n) is 11.7. The number of rotatable bonds is 14. The third-order valence-electron chi connectivity index (χ3n) is 6.28. The molecule has 44 heavy (non-hydrogen) atoms. The number of sulfonamides is 1. The molecule has 13 heteroatoms. The number of ether oxygens (including phenoxy) is 2. The van der Waals surface area contributed by atoms with Gasteiger partial charge in [-0.25, -0.2) is 13.2 Å². The Morgan fingerprint density at radius 1 is 1.07 bits per heavy atom. The molecule has 1 amide bonds. The lowest BCUT2D eigenvalue weighted by Gasteiger charge is -2.31. The maximum absolute atomic E-state index is 13.6. The van der Waals surface area contributed by atoms with E-state index in [-0.39, 0.29) is 42.6 Å². The molecule has 0 saturated heterocycles. The SMILES string of the molecule is CC(C)CN(C[C@@H](O)[C@H](Cc1ccc(OCc2ccccn2)cc1)NC(=O)OC(C)(C)C)S(=O)(=O)c1cccc([N+](=O)[O-])c1. The molecule has 0 fully saturated rings. The number of nitro groups is 1. The number of aliphatic hydroxyl groups is 1. The lowest BCUT2D eigenvalue weighted by Crippen LogP contribution is -2.51. The average Bonchev–Trinajstić information content (AvgIpc) is 2.95. The molecule has 1 aromatic heterocycles. The van der Waals surface area contributed by atoms with E-state index in [1.165, 1.54) is 18.2 Å². The monoisotopic (exact) mass is 628 g/mol. The minimum atomic E-state index is -4.24. The van der Waals surface area contributed by atoms with Crippen molar-refractivity contribution in [1.82, 2.24) is 14.6 Å². The third-order valence-corrected chi connectivity index (χ3v) is 8.11. The fraction of sp³-hybridized carbons (Fsp3) is 0.419. The summed E-state index contributed by atoms with van der Waals surface area (Å²) in [5.41, 5.74) is 0.342. The Kier molecular flexibility index (Phi) is 11.8. The van der Waals surface area contributed by atoms with Gasteiger partial charge in [0, 0.05) is 31.4 Å². The Morgan fingerprint density at radius 2 is 1.77 bits per heavy atom. The van der Waals surface area contributed by atoms with E-state index in [2.05, 4.69) is 10.3 Å². The molecule has 0 unspecified atom stereocenters. The first-order valence-corrected chi connectivity index (χ1v) is 15.6. The standard InChI is InChI=1S/C31H40N4O8S/c1-22(2)19-34(44(40,41)27-11-8-10-25(18-27)35(38)39)20-29(36)28(33-30(37)43-31(3,4)5)17-23-12-14-26(15-13-23)42-21-24-9-6-7-16-32-24/h6-16,18,22,28-29,36H,17,19-21H2,1-5H3,(H,33,37)/t28-,29+/m0/s1. The van der Waals surface area contributed by atoms with Gasteiger partial charge < -0.3 is 19.9 Å². The third kappa shape index (κ3) is 10.6. The van der Waals surface area contributed by atoms with Crippen LogP contribution in [0.5, 0.6) is 5.75 Å². The zero-order chi connectivity index (χ0) is 32.5. The molecular formula is C31H40N4O8S. The van der Waals surface area contributed by atoms with Crippen LogP contribution in [0.1, 0.15) is 45.9 Å². The fourth-order valence-electron chi connectivity index (χ4n) is 4.28. The van der Waals surface area contributed by atoms with Crippen molar-refractivity contribution in [3.63, 3.8) is 0 Å². The highest BCUT2D eigenvalue weighted by Gasteiger charge is 2.33. The van der Waals surface area contributed by atoms with Crippen LogP contribution >= 0.6 is 0 Å². The summed E-state index contributed by atoms with van der Waals surface area (Å²) in [6.07, 6.45) is -0.307. The van der Waals surface area contributed by atoms with Gasteiger partial charge in [-0.1, -0.05) is 38.1 Å². The van der Waals surface area contributed by atoms with E-state index >= 15 is 0 Å². The van der Waals surface area contributed by atoms with Gasteiger partial charge in [-0.2, -0.15) is 4.31 Å². The second kappa shape index (κ2) is 15.1. The number of nitrogens with one attached hydrogen (secondary N) is 1. The molecule has 0 radical (unpaired) electrons. The number of benzene rings is 2. The first-order valence-electron chi connectivity index (χ1n) is 14.2. The number of hydrogen-bond acceptors (Lipinski definition) is 9. The van der Waals surface area contributed by atoms with Crippen molar-refractivity contribution in [1.29, 1.82) is 0 Å². The van der Waals surface area contributed by atoms with Crippen molar-refractivity contribution in [2.45, 2.75) is 70.3 Å². The molecule has 3 aromatic rings. The number of aromatic nitrogens is 1. The van der Waals surface area contributed by atoms with Crippen LogP contribution in [0, 0.1) is 16.0 Å². The number of nitrogens with zero attached hydrogens (tertiary/aromatic N) is 3. The van der Waals surface area contributed by atoms with Gasteiger partial charge in [0.25, 0.3) is 5.69 Å². The van der Waals surface area contributed by atoms with E-state index in [9.17, 15) is 28.4 Å². The predicted octanol–water partition coefficient (Wildman–Crippen LogP) is 4.71. The summed E-state index contributed by atoms with van der Waals surface area (Å²) in [6, 6.07) is 16.5. The van der Waals surface area contributed by atoms with Crippen molar-refractivity contribution in [2.75, 3.05) is 13.1 Å². The van der Waals surface area contributed by atoms with Crippen molar-refractivity contribution in [2.24, 2.45) is 5.92 Å². The van der Waals surface area contributed by atoms with E-state index in [0.29, 0.717) is 5.75 Å². The first kappa shape index (κ1) is 34.4. The van der Waals surface area contributed by atoms with Crippen LogP contribution in [0.15, 0.2) is 77.8 Å². The Balaban J connectivity index is 1.83. The second-order valence-corrected chi connectivity index (χ2v) is 13.7. The van der Waals surface area contributed by atoms with Crippen LogP contribution in [0.3, 0.4) is 0 Å². The quantitative estimate of drug-likeness (QED) is 0.190. The number of amides is 1. The number of alkyl carbamates (subject to hydrolysis) is 1. The number of nitro benzene ring substituents is 1. The van der Waals surface area contributed by atoms with Gasteiger partial charge in [0.15, 0.2) is 0 Å². The van der Waals surface area contributed by atoms with Crippen LogP contribution in [-0.2, 0) is 27.8 Å². The minimum absolute atomic E-state index is 0.0313. The molecule has 0 saturated carbocycles. The van der Waals surface area contributed by atoms with Crippen molar-refractivity contribution >= 4 is 21.8 Å². The van der Waals surface area contributed by atoms with Gasteiger partial charge >= 0.3 is 6.09 Å². The Hall–Kier alpha value is -4.07. The molecular weight excluding hydrogens is 588 g/mol. The smallest absolute Gasteiger partial charge is 0.407 e. The molecule has 0 spiro atoms. The van der Waals surface area contributed by atoms with Crippen LogP contribution in [0.25, 0.3) is 0 Å². The molecule has 1 heterocycles. The fourth-order valence-corrected chi connectivity index (χ4v) is 5.94. The summed E-state index contributed by atoms with van der Waals surface area (Å²) in [5.74, 6) is 0.467. The van der Waals surface area contributed by atoms with Gasteiger partial charge in [0.2, 0.25) is 10.0 Å². The van der Waals surface area contributed by atoms with Crippen LogP contribution in [0.2, 0.25) is 0 Å². The van der Waals surface area contributed by atoms with Gasteiger partial charge in [0.1, 0.15) is 18.0 Å². The number of non-ortho nitro benzene ring substituents is 1. The maximum atomic E-state index is 13.6. The topological polar surface area (TPSA) is 161 Å². The van der Waals surface area contributed by atoms with Crippen LogP contribution in [0.4, 0.5) is 10.5 Å². The molecule has 0 aliphatic heterocycles. The first-order chi connectivity index (χ1) is 20.6. The molecule has 238 valence electrons. The van der Waals surface area contributed by atoms with E-state index < -0.39 is 38.8 Å². The molecule has 2 aromatic carbocycles. The molecule has 12 nitrogen and oxygen atoms in total. The number of carbonyl (C=O) groups is 1. The van der Waals surface area contributed by atoms with Crippen molar-refractivity contribution < 1.29 is 32.7 Å². The van der Waals surface area contributed by atoms with E-state index in [1.807, 2.05) is 32.0 Å². The highest BCUT2D eigenvalue weighted by molar-refractivity contribution is 7.89. The zero-order valence-electron chi connectivity index (χ0n) is 25.5.